The molecule has 1 unspecified atom stereocenters. The van der Waals surface area contributed by atoms with Gasteiger partial charge in [0, 0.05) is 18.3 Å². The highest BCUT2D eigenvalue weighted by molar-refractivity contribution is 5.83. The van der Waals surface area contributed by atoms with Gasteiger partial charge in [0.25, 0.3) is 0 Å². The van der Waals surface area contributed by atoms with Crippen LogP contribution in [0.2, 0.25) is 0 Å². The minimum atomic E-state index is -0.766. The SMILES string of the molecule is CC(C(=O)O)c1ccc2ccn(CC3CCCC3)c2c1. The number of hydrogen-bond acceptors (Lipinski definition) is 1. The smallest absolute Gasteiger partial charge is 0.310 e. The molecule has 1 saturated carbocycles. The van der Waals surface area contributed by atoms with E-state index in [9.17, 15) is 4.79 Å². The van der Waals surface area contributed by atoms with Crippen LogP contribution in [-0.4, -0.2) is 15.6 Å². The lowest BCUT2D eigenvalue weighted by Gasteiger charge is -2.13. The molecule has 1 heterocycles. The van der Waals surface area contributed by atoms with Crippen LogP contribution < -0.4 is 0 Å². The van der Waals surface area contributed by atoms with Crippen molar-refractivity contribution in [1.29, 1.82) is 0 Å². The Kier molecular flexibility index (Phi) is 3.51. The average Bonchev–Trinajstić information content (AvgIpc) is 3.08. The highest BCUT2D eigenvalue weighted by Crippen LogP contribution is 2.29. The zero-order valence-electron chi connectivity index (χ0n) is 11.9. The van der Waals surface area contributed by atoms with Crippen molar-refractivity contribution in [2.75, 3.05) is 0 Å². The number of carboxylic acids is 1. The van der Waals surface area contributed by atoms with Gasteiger partial charge in [0.1, 0.15) is 0 Å². The second kappa shape index (κ2) is 5.31. The molecule has 3 rings (SSSR count). The molecule has 1 fully saturated rings. The fraction of sp³-hybridized carbons (Fsp3) is 0.471. The van der Waals surface area contributed by atoms with Crippen molar-refractivity contribution in [2.24, 2.45) is 5.92 Å². The lowest BCUT2D eigenvalue weighted by atomic mass is 10.0. The van der Waals surface area contributed by atoms with Gasteiger partial charge in [-0.2, -0.15) is 0 Å². The van der Waals surface area contributed by atoms with E-state index in [2.05, 4.69) is 16.8 Å². The maximum atomic E-state index is 11.1. The van der Waals surface area contributed by atoms with E-state index in [4.69, 9.17) is 5.11 Å². The largest absolute Gasteiger partial charge is 0.481 e. The highest BCUT2D eigenvalue weighted by Gasteiger charge is 2.18. The van der Waals surface area contributed by atoms with Crippen molar-refractivity contribution >= 4 is 16.9 Å². The number of fused-ring (bicyclic) bond motifs is 1. The van der Waals surface area contributed by atoms with Gasteiger partial charge in [0.2, 0.25) is 0 Å². The average molecular weight is 271 g/mol. The van der Waals surface area contributed by atoms with E-state index in [0.717, 1.165) is 18.0 Å². The van der Waals surface area contributed by atoms with Crippen molar-refractivity contribution in [3.63, 3.8) is 0 Å². The Morgan fingerprint density at radius 1 is 1.35 bits per heavy atom. The van der Waals surface area contributed by atoms with Gasteiger partial charge in [-0.1, -0.05) is 25.0 Å². The quantitative estimate of drug-likeness (QED) is 0.912. The summed E-state index contributed by atoms with van der Waals surface area (Å²) >= 11 is 0. The van der Waals surface area contributed by atoms with Crippen LogP contribution in [0, 0.1) is 5.92 Å². The summed E-state index contributed by atoms with van der Waals surface area (Å²) in [5.41, 5.74) is 2.05. The van der Waals surface area contributed by atoms with Crippen LogP contribution in [0.1, 0.15) is 44.1 Å². The first-order valence-corrected chi connectivity index (χ1v) is 7.47. The summed E-state index contributed by atoms with van der Waals surface area (Å²) in [7, 11) is 0. The van der Waals surface area contributed by atoms with E-state index < -0.39 is 11.9 Å². The number of nitrogens with zero attached hydrogens (tertiary/aromatic N) is 1. The molecule has 106 valence electrons. The van der Waals surface area contributed by atoms with Gasteiger partial charge < -0.3 is 9.67 Å². The minimum Gasteiger partial charge on any atom is -0.481 e. The van der Waals surface area contributed by atoms with Gasteiger partial charge in [-0.05, 0) is 48.8 Å². The summed E-state index contributed by atoms with van der Waals surface area (Å²) in [5, 5.41) is 10.3. The second-order valence-corrected chi connectivity index (χ2v) is 6.00. The Hall–Kier alpha value is -1.77. The number of carbonyl (C=O) groups is 1. The molecule has 1 aliphatic carbocycles. The molecule has 0 aliphatic heterocycles. The molecule has 1 N–H and O–H groups in total. The van der Waals surface area contributed by atoms with Crippen LogP contribution in [-0.2, 0) is 11.3 Å². The predicted molar refractivity (Wildman–Crippen MR) is 79.9 cm³/mol. The number of hydrogen-bond donors (Lipinski definition) is 1. The molecule has 3 nitrogen and oxygen atoms in total. The van der Waals surface area contributed by atoms with Crippen molar-refractivity contribution in [3.05, 3.63) is 36.0 Å². The summed E-state index contributed by atoms with van der Waals surface area (Å²) in [6, 6.07) is 8.14. The van der Waals surface area contributed by atoms with Crippen LogP contribution >= 0.6 is 0 Å². The summed E-state index contributed by atoms with van der Waals surface area (Å²) < 4.78 is 2.30. The first kappa shape index (κ1) is 13.2. The van der Waals surface area contributed by atoms with E-state index in [1.54, 1.807) is 6.92 Å². The molecule has 2 aromatic rings. The van der Waals surface area contributed by atoms with Gasteiger partial charge in [-0.3, -0.25) is 4.79 Å². The molecule has 0 saturated heterocycles. The van der Waals surface area contributed by atoms with Crippen LogP contribution in [0.4, 0.5) is 0 Å². The van der Waals surface area contributed by atoms with E-state index in [-0.39, 0.29) is 0 Å². The van der Waals surface area contributed by atoms with Crippen LogP contribution in [0.5, 0.6) is 0 Å². The molecular weight excluding hydrogens is 250 g/mol. The van der Waals surface area contributed by atoms with E-state index in [0.29, 0.717) is 0 Å². The van der Waals surface area contributed by atoms with Crippen molar-refractivity contribution in [3.8, 4) is 0 Å². The Morgan fingerprint density at radius 3 is 2.80 bits per heavy atom. The fourth-order valence-corrected chi connectivity index (χ4v) is 3.24. The maximum absolute atomic E-state index is 11.1. The first-order valence-electron chi connectivity index (χ1n) is 7.47. The number of carboxylic acid groups (broad SMARTS) is 1. The second-order valence-electron chi connectivity index (χ2n) is 6.00. The van der Waals surface area contributed by atoms with Gasteiger partial charge in [-0.25, -0.2) is 0 Å². The summed E-state index contributed by atoms with van der Waals surface area (Å²) in [4.78, 5) is 11.1. The molecule has 1 aromatic carbocycles. The zero-order chi connectivity index (χ0) is 14.1. The molecule has 1 aliphatic rings. The topological polar surface area (TPSA) is 42.2 Å². The molecule has 0 radical (unpaired) electrons. The molecule has 0 amide bonds. The van der Waals surface area contributed by atoms with Gasteiger partial charge in [-0.15, -0.1) is 0 Å². The molecule has 20 heavy (non-hydrogen) atoms. The zero-order valence-corrected chi connectivity index (χ0v) is 11.9. The summed E-state index contributed by atoms with van der Waals surface area (Å²) in [5.74, 6) is -0.432. The lowest BCUT2D eigenvalue weighted by molar-refractivity contribution is -0.138. The van der Waals surface area contributed by atoms with Crippen LogP contribution in [0.25, 0.3) is 10.9 Å². The number of rotatable bonds is 4. The molecule has 1 atom stereocenters. The van der Waals surface area contributed by atoms with Gasteiger partial charge in [0.05, 0.1) is 5.92 Å². The maximum Gasteiger partial charge on any atom is 0.310 e. The first-order chi connectivity index (χ1) is 9.65. The third-order valence-corrected chi connectivity index (χ3v) is 4.60. The fourth-order valence-electron chi connectivity index (χ4n) is 3.24. The monoisotopic (exact) mass is 271 g/mol. The van der Waals surface area contributed by atoms with E-state index >= 15 is 0 Å². The van der Waals surface area contributed by atoms with Crippen molar-refractivity contribution in [1.82, 2.24) is 4.57 Å². The molecule has 1 aromatic heterocycles. The van der Waals surface area contributed by atoms with Crippen molar-refractivity contribution in [2.45, 2.75) is 45.1 Å². The van der Waals surface area contributed by atoms with Gasteiger partial charge in [0.15, 0.2) is 0 Å². The number of benzene rings is 1. The Balaban J connectivity index is 1.92. The molecular formula is C17H21NO2. The van der Waals surface area contributed by atoms with Crippen LogP contribution in [0.15, 0.2) is 30.5 Å². The standard InChI is InChI=1S/C17H21NO2/c1-12(17(19)20)15-7-6-14-8-9-18(16(14)10-15)11-13-4-2-3-5-13/h6-10,12-13H,2-5,11H2,1H3,(H,19,20). The highest BCUT2D eigenvalue weighted by atomic mass is 16.4. The van der Waals surface area contributed by atoms with Crippen molar-refractivity contribution < 1.29 is 9.90 Å². The molecule has 3 heteroatoms. The number of aromatic nitrogens is 1. The Bertz CT molecular complexity index is 623. The summed E-state index contributed by atoms with van der Waals surface area (Å²) in [6.45, 7) is 2.81. The predicted octanol–water partition coefficient (Wildman–Crippen LogP) is 4.02. The minimum absolute atomic E-state index is 0.450. The number of aliphatic carboxylic acids is 1. The Morgan fingerprint density at radius 2 is 2.10 bits per heavy atom. The van der Waals surface area contributed by atoms with E-state index in [1.807, 2.05) is 18.2 Å². The third-order valence-electron chi connectivity index (χ3n) is 4.60. The summed E-state index contributed by atoms with van der Waals surface area (Å²) in [6.07, 6.45) is 7.49. The normalized spacial score (nSPS) is 17.6. The van der Waals surface area contributed by atoms with Gasteiger partial charge >= 0.3 is 5.97 Å². The van der Waals surface area contributed by atoms with Crippen LogP contribution in [0.3, 0.4) is 0 Å². The lowest BCUT2D eigenvalue weighted by Crippen LogP contribution is -2.08. The third kappa shape index (κ3) is 2.45. The molecule has 0 bridgehead atoms. The van der Waals surface area contributed by atoms with E-state index in [1.165, 1.54) is 36.6 Å². The molecule has 0 spiro atoms. The Labute approximate surface area is 119 Å².